The molecule has 0 saturated carbocycles. The SMILES string of the molecule is CSC(=S)NC(=O)c1cc2ccccc2[nH]1. The highest BCUT2D eigenvalue weighted by Crippen LogP contribution is 2.14. The van der Waals surface area contributed by atoms with Crippen LogP contribution in [0.3, 0.4) is 0 Å². The van der Waals surface area contributed by atoms with E-state index in [2.05, 4.69) is 10.3 Å². The van der Waals surface area contributed by atoms with E-state index in [-0.39, 0.29) is 5.91 Å². The minimum Gasteiger partial charge on any atom is -0.351 e. The summed E-state index contributed by atoms with van der Waals surface area (Å²) in [6.07, 6.45) is 1.83. The molecular formula is C11H10N2OS2. The number of aromatic amines is 1. The molecule has 0 saturated heterocycles. The van der Waals surface area contributed by atoms with Gasteiger partial charge in [0.05, 0.1) is 0 Å². The molecule has 0 fully saturated rings. The van der Waals surface area contributed by atoms with E-state index in [0.717, 1.165) is 10.9 Å². The fourth-order valence-electron chi connectivity index (χ4n) is 1.41. The Morgan fingerprint density at radius 1 is 1.44 bits per heavy atom. The smallest absolute Gasteiger partial charge is 0.273 e. The van der Waals surface area contributed by atoms with Crippen LogP contribution in [-0.4, -0.2) is 21.5 Å². The lowest BCUT2D eigenvalue weighted by molar-refractivity contribution is 0.0974. The van der Waals surface area contributed by atoms with E-state index >= 15 is 0 Å². The van der Waals surface area contributed by atoms with Gasteiger partial charge < -0.3 is 10.3 Å². The fraction of sp³-hybridized carbons (Fsp3) is 0.0909. The molecule has 0 aliphatic rings. The molecule has 3 nitrogen and oxygen atoms in total. The standard InChI is InChI=1S/C11H10N2OS2/c1-16-11(15)13-10(14)9-6-7-4-2-3-5-8(7)12-9/h2-6,12H,1H3,(H,13,14,15). The first-order valence-corrected chi connectivity index (χ1v) is 6.31. The highest BCUT2D eigenvalue weighted by molar-refractivity contribution is 8.22. The average molecular weight is 250 g/mol. The summed E-state index contributed by atoms with van der Waals surface area (Å²) in [5, 5.41) is 3.65. The zero-order chi connectivity index (χ0) is 11.5. The minimum atomic E-state index is -0.199. The predicted molar refractivity (Wildman–Crippen MR) is 71.9 cm³/mol. The molecule has 5 heteroatoms. The summed E-state index contributed by atoms with van der Waals surface area (Å²) in [6, 6.07) is 9.56. The number of rotatable bonds is 1. The number of thiocarbonyl (C=S) groups is 1. The zero-order valence-corrected chi connectivity index (χ0v) is 10.2. The van der Waals surface area contributed by atoms with E-state index in [0.29, 0.717) is 10.0 Å². The summed E-state index contributed by atoms with van der Waals surface area (Å²) in [4.78, 5) is 14.8. The third-order valence-corrected chi connectivity index (χ3v) is 3.25. The molecule has 0 atom stereocenters. The second-order valence-corrected chi connectivity index (χ2v) is 4.70. The summed E-state index contributed by atoms with van der Waals surface area (Å²) in [7, 11) is 0. The summed E-state index contributed by atoms with van der Waals surface area (Å²) < 4.78 is 0.476. The predicted octanol–water partition coefficient (Wildman–Crippen LogP) is 2.55. The van der Waals surface area contributed by atoms with Gasteiger partial charge in [0.1, 0.15) is 10.0 Å². The van der Waals surface area contributed by atoms with Crippen molar-refractivity contribution >= 4 is 45.1 Å². The Hall–Kier alpha value is -1.33. The van der Waals surface area contributed by atoms with E-state index < -0.39 is 0 Å². The van der Waals surface area contributed by atoms with Crippen molar-refractivity contribution in [3.63, 3.8) is 0 Å². The van der Waals surface area contributed by atoms with Crippen LogP contribution < -0.4 is 5.32 Å². The van der Waals surface area contributed by atoms with Gasteiger partial charge in [-0.2, -0.15) is 0 Å². The molecule has 82 valence electrons. The number of hydrogen-bond donors (Lipinski definition) is 2. The first-order valence-electron chi connectivity index (χ1n) is 4.68. The first-order chi connectivity index (χ1) is 7.70. The normalized spacial score (nSPS) is 10.3. The lowest BCUT2D eigenvalue weighted by Gasteiger charge is -2.00. The minimum absolute atomic E-state index is 0.199. The van der Waals surface area contributed by atoms with Crippen molar-refractivity contribution in [1.82, 2.24) is 10.3 Å². The Morgan fingerprint density at radius 3 is 2.88 bits per heavy atom. The van der Waals surface area contributed by atoms with Crippen LogP contribution in [0.5, 0.6) is 0 Å². The van der Waals surface area contributed by atoms with Gasteiger partial charge in [0, 0.05) is 10.9 Å². The Bertz CT molecular complexity index is 515. The van der Waals surface area contributed by atoms with Gasteiger partial charge in [-0.25, -0.2) is 0 Å². The number of nitrogens with one attached hydrogen (secondary N) is 2. The number of H-pyrrole nitrogens is 1. The number of aromatic nitrogens is 1. The Labute approximate surface area is 103 Å². The first kappa shape index (κ1) is 11.2. The lowest BCUT2D eigenvalue weighted by atomic mass is 10.2. The maximum absolute atomic E-state index is 11.7. The number of carbonyl (C=O) groups is 1. The molecule has 2 aromatic rings. The number of amides is 1. The molecule has 16 heavy (non-hydrogen) atoms. The topological polar surface area (TPSA) is 44.9 Å². The highest BCUT2D eigenvalue weighted by Gasteiger charge is 2.09. The van der Waals surface area contributed by atoms with Gasteiger partial charge in [-0.3, -0.25) is 4.79 Å². The van der Waals surface area contributed by atoms with E-state index in [1.54, 1.807) is 0 Å². The van der Waals surface area contributed by atoms with Gasteiger partial charge in [0.2, 0.25) is 0 Å². The van der Waals surface area contributed by atoms with Gasteiger partial charge in [-0.05, 0) is 18.4 Å². The molecule has 1 aromatic heterocycles. The number of carbonyl (C=O) groups excluding carboxylic acids is 1. The molecule has 2 rings (SSSR count). The number of para-hydroxylation sites is 1. The maximum atomic E-state index is 11.7. The number of fused-ring (bicyclic) bond motifs is 1. The van der Waals surface area contributed by atoms with E-state index in [9.17, 15) is 4.79 Å². The third-order valence-electron chi connectivity index (χ3n) is 2.18. The average Bonchev–Trinajstić information content (AvgIpc) is 2.72. The molecule has 1 amide bonds. The molecule has 0 radical (unpaired) electrons. The summed E-state index contributed by atoms with van der Waals surface area (Å²) in [5.74, 6) is -0.199. The second-order valence-electron chi connectivity index (χ2n) is 3.22. The van der Waals surface area contributed by atoms with Crippen molar-refractivity contribution in [2.45, 2.75) is 0 Å². The molecule has 1 heterocycles. The zero-order valence-electron chi connectivity index (χ0n) is 8.61. The molecule has 0 aliphatic carbocycles. The van der Waals surface area contributed by atoms with Gasteiger partial charge in [-0.1, -0.05) is 30.4 Å². The van der Waals surface area contributed by atoms with Gasteiger partial charge in [0.15, 0.2) is 0 Å². The Balaban J connectivity index is 2.26. The van der Waals surface area contributed by atoms with Crippen LogP contribution in [0, 0.1) is 0 Å². The van der Waals surface area contributed by atoms with Crippen molar-refractivity contribution in [1.29, 1.82) is 0 Å². The molecule has 1 aromatic carbocycles. The van der Waals surface area contributed by atoms with E-state index in [1.807, 2.05) is 36.6 Å². The Kier molecular flexibility index (Phi) is 3.26. The molecule has 0 unspecified atom stereocenters. The van der Waals surface area contributed by atoms with Crippen LogP contribution in [0.25, 0.3) is 10.9 Å². The van der Waals surface area contributed by atoms with Crippen molar-refractivity contribution < 1.29 is 4.79 Å². The van der Waals surface area contributed by atoms with E-state index in [4.69, 9.17) is 12.2 Å². The van der Waals surface area contributed by atoms with Crippen molar-refractivity contribution in [2.24, 2.45) is 0 Å². The van der Waals surface area contributed by atoms with Crippen LogP contribution in [0.15, 0.2) is 30.3 Å². The number of hydrogen-bond acceptors (Lipinski definition) is 3. The molecule has 0 aliphatic heterocycles. The molecular weight excluding hydrogens is 240 g/mol. The molecule has 0 spiro atoms. The largest absolute Gasteiger partial charge is 0.351 e. The highest BCUT2D eigenvalue weighted by atomic mass is 32.2. The quantitative estimate of drug-likeness (QED) is 0.765. The fourth-order valence-corrected chi connectivity index (χ4v) is 1.69. The van der Waals surface area contributed by atoms with Gasteiger partial charge >= 0.3 is 0 Å². The third kappa shape index (κ3) is 2.25. The summed E-state index contributed by atoms with van der Waals surface area (Å²) in [6.45, 7) is 0. The number of benzene rings is 1. The Morgan fingerprint density at radius 2 is 2.19 bits per heavy atom. The monoisotopic (exact) mass is 250 g/mol. The van der Waals surface area contributed by atoms with Crippen LogP contribution in [0.2, 0.25) is 0 Å². The van der Waals surface area contributed by atoms with Crippen LogP contribution in [-0.2, 0) is 0 Å². The number of thioether (sulfide) groups is 1. The maximum Gasteiger partial charge on any atom is 0.273 e. The van der Waals surface area contributed by atoms with Crippen LogP contribution in [0.4, 0.5) is 0 Å². The van der Waals surface area contributed by atoms with Crippen LogP contribution in [0.1, 0.15) is 10.5 Å². The lowest BCUT2D eigenvalue weighted by Crippen LogP contribution is -2.26. The summed E-state index contributed by atoms with van der Waals surface area (Å²) >= 11 is 6.27. The van der Waals surface area contributed by atoms with E-state index in [1.165, 1.54) is 11.8 Å². The summed E-state index contributed by atoms with van der Waals surface area (Å²) in [5.41, 5.74) is 1.47. The van der Waals surface area contributed by atoms with Gasteiger partial charge in [-0.15, -0.1) is 11.8 Å². The van der Waals surface area contributed by atoms with Crippen molar-refractivity contribution in [2.75, 3.05) is 6.26 Å². The second kappa shape index (κ2) is 4.67. The van der Waals surface area contributed by atoms with Gasteiger partial charge in [0.25, 0.3) is 5.91 Å². The van der Waals surface area contributed by atoms with Crippen molar-refractivity contribution in [3.8, 4) is 0 Å². The molecule has 2 N–H and O–H groups in total. The molecule has 0 bridgehead atoms. The van der Waals surface area contributed by atoms with Crippen molar-refractivity contribution in [3.05, 3.63) is 36.0 Å². The van der Waals surface area contributed by atoms with Crippen LogP contribution >= 0.6 is 24.0 Å².